The van der Waals surface area contributed by atoms with Gasteiger partial charge in [-0.3, -0.25) is 0 Å². The van der Waals surface area contributed by atoms with E-state index < -0.39 is 10.0 Å². The van der Waals surface area contributed by atoms with E-state index in [4.69, 9.17) is 0 Å². The zero-order valence-corrected chi connectivity index (χ0v) is 16.1. The summed E-state index contributed by atoms with van der Waals surface area (Å²) in [5.41, 5.74) is 1.25. The molecule has 6 heteroatoms. The fourth-order valence-corrected chi connectivity index (χ4v) is 7.80. The maximum atomic E-state index is 12.7. The summed E-state index contributed by atoms with van der Waals surface area (Å²) in [6.07, 6.45) is 3.31. The molecule has 0 spiro atoms. The van der Waals surface area contributed by atoms with Gasteiger partial charge in [0.15, 0.2) is 0 Å². The van der Waals surface area contributed by atoms with Crippen LogP contribution in [0.3, 0.4) is 0 Å². The quantitative estimate of drug-likeness (QED) is 0.833. The molecule has 1 aromatic rings. The second kappa shape index (κ2) is 4.79. The Kier molecular flexibility index (Phi) is 3.64. The van der Waals surface area contributed by atoms with E-state index in [1.54, 1.807) is 6.07 Å². The fourth-order valence-electron chi connectivity index (χ4n) is 4.19. The molecule has 2 aliphatic carbocycles. The predicted octanol–water partition coefficient (Wildman–Crippen LogP) is 4.31. The Morgan fingerprint density at radius 1 is 1.38 bits per heavy atom. The highest BCUT2D eigenvalue weighted by atomic mass is 79.9. The van der Waals surface area contributed by atoms with Crippen molar-refractivity contribution in [1.82, 2.24) is 4.72 Å². The van der Waals surface area contributed by atoms with Gasteiger partial charge in [0, 0.05) is 6.04 Å². The van der Waals surface area contributed by atoms with E-state index in [1.807, 2.05) is 6.92 Å². The lowest BCUT2D eigenvalue weighted by Crippen LogP contribution is -2.46. The van der Waals surface area contributed by atoms with Crippen LogP contribution >= 0.6 is 27.3 Å². The summed E-state index contributed by atoms with van der Waals surface area (Å²) in [4.78, 5) is 0. The number of halogens is 1. The molecule has 0 aliphatic heterocycles. The first kappa shape index (κ1) is 16.0. The van der Waals surface area contributed by atoms with Crippen LogP contribution in [0.25, 0.3) is 0 Å². The molecule has 0 amide bonds. The van der Waals surface area contributed by atoms with E-state index in [2.05, 4.69) is 41.4 Å². The van der Waals surface area contributed by atoms with Crippen LogP contribution in [0.1, 0.15) is 45.6 Å². The summed E-state index contributed by atoms with van der Waals surface area (Å²) < 4.78 is 29.6. The lowest BCUT2D eigenvalue weighted by molar-refractivity contribution is 0.130. The second-order valence-corrected chi connectivity index (χ2v) is 11.6. The van der Waals surface area contributed by atoms with E-state index >= 15 is 0 Å². The van der Waals surface area contributed by atoms with Gasteiger partial charge in [0.2, 0.25) is 10.0 Å². The van der Waals surface area contributed by atoms with Gasteiger partial charge in [-0.15, -0.1) is 11.3 Å². The Bertz CT molecular complexity index is 660. The minimum absolute atomic E-state index is 0.0532. The molecule has 3 atom stereocenters. The van der Waals surface area contributed by atoms with Gasteiger partial charge in [0.1, 0.15) is 4.21 Å². The Balaban J connectivity index is 1.88. The van der Waals surface area contributed by atoms with Crippen molar-refractivity contribution in [2.75, 3.05) is 0 Å². The van der Waals surface area contributed by atoms with Crippen LogP contribution in [0.4, 0.5) is 0 Å². The lowest BCUT2D eigenvalue weighted by atomic mass is 9.69. The molecule has 2 fully saturated rings. The molecule has 0 aromatic carbocycles. The molecule has 3 unspecified atom stereocenters. The van der Waals surface area contributed by atoms with Crippen LogP contribution < -0.4 is 4.72 Å². The number of aryl methyl sites for hydroxylation is 1. The smallest absolute Gasteiger partial charge is 0.207 e. The van der Waals surface area contributed by atoms with Crippen molar-refractivity contribution < 1.29 is 8.42 Å². The van der Waals surface area contributed by atoms with Gasteiger partial charge in [0.05, 0.1) is 3.79 Å². The average Bonchev–Trinajstić information content (AvgIpc) is 2.88. The van der Waals surface area contributed by atoms with Crippen LogP contribution in [0.15, 0.2) is 14.1 Å². The zero-order chi connectivity index (χ0) is 15.6. The highest BCUT2D eigenvalue weighted by Crippen LogP contribution is 2.65. The van der Waals surface area contributed by atoms with Gasteiger partial charge in [0.25, 0.3) is 0 Å². The maximum Gasteiger partial charge on any atom is 0.250 e. The largest absolute Gasteiger partial charge is 0.250 e. The summed E-state index contributed by atoms with van der Waals surface area (Å²) >= 11 is 4.70. The van der Waals surface area contributed by atoms with Crippen LogP contribution in [-0.4, -0.2) is 14.5 Å². The summed E-state index contributed by atoms with van der Waals surface area (Å²) in [6, 6.07) is 1.80. The molecule has 2 saturated carbocycles. The van der Waals surface area contributed by atoms with Crippen molar-refractivity contribution >= 4 is 37.3 Å². The third kappa shape index (κ3) is 2.25. The summed E-state index contributed by atoms with van der Waals surface area (Å²) in [6.45, 7) is 8.76. The fraction of sp³-hybridized carbons (Fsp3) is 0.733. The molecule has 0 radical (unpaired) electrons. The molecule has 21 heavy (non-hydrogen) atoms. The first-order valence-corrected chi connectivity index (χ1v) is 10.5. The van der Waals surface area contributed by atoms with Gasteiger partial charge in [-0.25, -0.2) is 13.1 Å². The number of thiophene rings is 1. The second-order valence-electron chi connectivity index (χ2n) is 7.31. The Morgan fingerprint density at radius 2 is 2.05 bits per heavy atom. The standard InChI is InChI=1S/C15H22BrNO2S2/c1-9-7-12(20-13(9)16)21(18,19)17-11-8-10-5-6-15(11,4)14(10,2)3/h7,10-11,17H,5-6,8H2,1-4H3. The number of rotatable bonds is 3. The van der Waals surface area contributed by atoms with E-state index in [-0.39, 0.29) is 16.9 Å². The number of hydrogen-bond acceptors (Lipinski definition) is 3. The van der Waals surface area contributed by atoms with Crippen molar-refractivity contribution in [3.63, 3.8) is 0 Å². The van der Waals surface area contributed by atoms with E-state index in [0.29, 0.717) is 10.1 Å². The van der Waals surface area contributed by atoms with Crippen LogP contribution in [0, 0.1) is 23.7 Å². The third-order valence-corrected chi connectivity index (χ3v) is 10.3. The first-order chi connectivity index (χ1) is 9.58. The van der Waals surface area contributed by atoms with Crippen LogP contribution in [0.5, 0.6) is 0 Å². The molecule has 3 rings (SSSR count). The van der Waals surface area contributed by atoms with Crippen molar-refractivity contribution in [3.8, 4) is 0 Å². The highest BCUT2D eigenvalue weighted by molar-refractivity contribution is 9.11. The normalized spacial score (nSPS) is 34.5. The summed E-state index contributed by atoms with van der Waals surface area (Å²) in [5, 5.41) is 0. The molecule has 2 aliphatic rings. The zero-order valence-electron chi connectivity index (χ0n) is 12.9. The molecule has 3 nitrogen and oxygen atoms in total. The van der Waals surface area contributed by atoms with Crippen molar-refractivity contribution in [3.05, 3.63) is 15.4 Å². The summed E-state index contributed by atoms with van der Waals surface area (Å²) in [7, 11) is -3.42. The molecular formula is C15H22BrNO2S2. The molecular weight excluding hydrogens is 370 g/mol. The number of hydrogen-bond donors (Lipinski definition) is 1. The van der Waals surface area contributed by atoms with Gasteiger partial charge in [-0.2, -0.15) is 0 Å². The number of sulfonamides is 1. The Hall–Kier alpha value is 0.0900. The minimum atomic E-state index is -3.42. The minimum Gasteiger partial charge on any atom is -0.207 e. The van der Waals surface area contributed by atoms with E-state index in [9.17, 15) is 8.42 Å². The Morgan fingerprint density at radius 3 is 2.48 bits per heavy atom. The SMILES string of the molecule is Cc1cc(S(=O)(=O)NC2CC3CCC2(C)C3(C)C)sc1Br. The number of nitrogens with one attached hydrogen (secondary N) is 1. The Labute approximate surface area is 139 Å². The highest BCUT2D eigenvalue weighted by Gasteiger charge is 2.61. The van der Waals surface area contributed by atoms with Gasteiger partial charge >= 0.3 is 0 Å². The monoisotopic (exact) mass is 391 g/mol. The van der Waals surface area contributed by atoms with Gasteiger partial charge in [-0.05, 0) is 70.5 Å². The summed E-state index contributed by atoms with van der Waals surface area (Å²) in [5.74, 6) is 0.631. The molecule has 1 heterocycles. The van der Waals surface area contributed by atoms with Crippen LogP contribution in [-0.2, 0) is 10.0 Å². The van der Waals surface area contributed by atoms with Gasteiger partial charge in [-0.1, -0.05) is 20.8 Å². The predicted molar refractivity (Wildman–Crippen MR) is 90.1 cm³/mol. The van der Waals surface area contributed by atoms with E-state index in [1.165, 1.54) is 17.8 Å². The third-order valence-electron chi connectivity index (χ3n) is 6.19. The van der Waals surface area contributed by atoms with Crippen LogP contribution in [0.2, 0.25) is 0 Å². The van der Waals surface area contributed by atoms with Crippen molar-refractivity contribution in [1.29, 1.82) is 0 Å². The molecule has 2 bridgehead atoms. The molecule has 1 aromatic heterocycles. The molecule has 0 saturated heterocycles. The lowest BCUT2D eigenvalue weighted by Gasteiger charge is -2.39. The molecule has 118 valence electrons. The first-order valence-electron chi connectivity index (χ1n) is 7.36. The number of fused-ring (bicyclic) bond motifs is 2. The van der Waals surface area contributed by atoms with E-state index in [0.717, 1.165) is 22.2 Å². The van der Waals surface area contributed by atoms with Crippen molar-refractivity contribution in [2.24, 2.45) is 16.7 Å². The molecule has 1 N–H and O–H groups in total. The maximum absolute atomic E-state index is 12.7. The van der Waals surface area contributed by atoms with Gasteiger partial charge < -0.3 is 0 Å². The van der Waals surface area contributed by atoms with Crippen molar-refractivity contribution in [2.45, 2.75) is 57.2 Å². The average molecular weight is 392 g/mol. The topological polar surface area (TPSA) is 46.2 Å².